The summed E-state index contributed by atoms with van der Waals surface area (Å²) in [5.41, 5.74) is 0.846. The summed E-state index contributed by atoms with van der Waals surface area (Å²) in [5, 5.41) is 15.3. The maximum Gasteiger partial charge on any atom is 0.149 e. The smallest absolute Gasteiger partial charge is 0.149 e. The summed E-state index contributed by atoms with van der Waals surface area (Å²) in [4.78, 5) is 11.2. The minimum absolute atomic E-state index is 0.0556. The molecule has 0 unspecified atom stereocenters. The first-order valence-electron chi connectivity index (χ1n) is 5.75. The number of aromatic nitrogens is 3. The maximum atomic E-state index is 11.2. The van der Waals surface area contributed by atoms with Crippen LogP contribution in [0.15, 0.2) is 61.1 Å². The number of hydrogen-bond acceptors (Lipinski definition) is 3. The molecular formula is C14H10N3O2-. The highest BCUT2D eigenvalue weighted by Gasteiger charge is 2.14. The van der Waals surface area contributed by atoms with Gasteiger partial charge >= 0.3 is 0 Å². The molecule has 0 amide bonds. The largest absolute Gasteiger partial charge is 0.545 e. The first-order chi connectivity index (χ1) is 9.27. The van der Waals surface area contributed by atoms with Gasteiger partial charge in [0.05, 0.1) is 23.4 Å². The van der Waals surface area contributed by atoms with Crippen molar-refractivity contribution in [3.8, 4) is 11.5 Å². The molecule has 0 saturated carbocycles. The molecule has 5 heteroatoms. The van der Waals surface area contributed by atoms with Crippen molar-refractivity contribution < 1.29 is 9.90 Å². The fraction of sp³-hybridized carbons (Fsp3) is 0. The summed E-state index contributed by atoms with van der Waals surface area (Å²) < 4.78 is 3.27. The van der Waals surface area contributed by atoms with Gasteiger partial charge in [-0.15, -0.1) is 0 Å². The Bertz CT molecular complexity index is 700. The molecule has 2 aromatic heterocycles. The van der Waals surface area contributed by atoms with Gasteiger partial charge in [0.15, 0.2) is 0 Å². The Kier molecular flexibility index (Phi) is 2.64. The zero-order chi connectivity index (χ0) is 13.2. The molecule has 0 bridgehead atoms. The third-order valence-corrected chi connectivity index (χ3v) is 2.81. The van der Waals surface area contributed by atoms with Crippen LogP contribution in [0, 0.1) is 0 Å². The molecule has 3 rings (SSSR count). The van der Waals surface area contributed by atoms with Crippen LogP contribution in [0.25, 0.3) is 11.5 Å². The van der Waals surface area contributed by atoms with E-state index in [9.17, 15) is 9.90 Å². The third kappa shape index (κ3) is 1.91. The van der Waals surface area contributed by atoms with E-state index in [1.54, 1.807) is 21.6 Å². The Balaban J connectivity index is 2.24. The summed E-state index contributed by atoms with van der Waals surface area (Å²) in [6.07, 6.45) is 4.84. The lowest BCUT2D eigenvalue weighted by Crippen LogP contribution is -2.23. The zero-order valence-corrected chi connectivity index (χ0v) is 9.93. The highest BCUT2D eigenvalue weighted by molar-refractivity contribution is 5.89. The molecule has 1 aromatic carbocycles. The topological polar surface area (TPSA) is 62.9 Å². The number of rotatable bonds is 3. The summed E-state index contributed by atoms with van der Waals surface area (Å²) in [7, 11) is 0. The van der Waals surface area contributed by atoms with Crippen molar-refractivity contribution in [2.75, 3.05) is 0 Å². The van der Waals surface area contributed by atoms with Crippen molar-refractivity contribution in [1.29, 1.82) is 0 Å². The molecule has 0 aliphatic rings. The van der Waals surface area contributed by atoms with Gasteiger partial charge in [-0.25, -0.2) is 4.68 Å². The molecule has 0 fully saturated rings. The molecule has 19 heavy (non-hydrogen) atoms. The second-order valence-electron chi connectivity index (χ2n) is 4.01. The molecule has 0 spiro atoms. The van der Waals surface area contributed by atoms with Crippen molar-refractivity contribution in [1.82, 2.24) is 14.3 Å². The highest BCUT2D eigenvalue weighted by atomic mass is 16.4. The number of nitrogens with zero attached hydrogens (tertiary/aromatic N) is 3. The number of carbonyl (C=O) groups is 1. The summed E-state index contributed by atoms with van der Waals surface area (Å²) in [6.45, 7) is 0. The van der Waals surface area contributed by atoms with Crippen LogP contribution in [0.5, 0.6) is 0 Å². The van der Waals surface area contributed by atoms with Crippen LogP contribution in [-0.2, 0) is 0 Å². The molecule has 0 atom stereocenters. The van der Waals surface area contributed by atoms with E-state index < -0.39 is 5.97 Å². The number of para-hydroxylation sites is 1. The molecule has 5 nitrogen and oxygen atoms in total. The number of hydrogen-bond donors (Lipinski definition) is 0. The fourth-order valence-electron chi connectivity index (χ4n) is 1.97. The van der Waals surface area contributed by atoms with E-state index in [4.69, 9.17) is 0 Å². The lowest BCUT2D eigenvalue weighted by atomic mass is 10.3. The number of carboxylic acid groups (broad SMARTS) is 1. The van der Waals surface area contributed by atoms with Crippen molar-refractivity contribution in [2.45, 2.75) is 0 Å². The monoisotopic (exact) mass is 252 g/mol. The first-order valence-corrected chi connectivity index (χ1v) is 5.75. The second kappa shape index (κ2) is 4.45. The summed E-state index contributed by atoms with van der Waals surface area (Å²) in [6, 6.07) is 13.0. The van der Waals surface area contributed by atoms with Gasteiger partial charge in [-0.2, -0.15) is 5.10 Å². The third-order valence-electron chi connectivity index (χ3n) is 2.81. The van der Waals surface area contributed by atoms with Crippen molar-refractivity contribution in [3.63, 3.8) is 0 Å². The predicted octanol–water partition coefficient (Wildman–Crippen LogP) is 1.03. The molecular weight excluding hydrogens is 242 g/mol. The molecule has 2 heterocycles. The van der Waals surface area contributed by atoms with Crippen LogP contribution in [0.2, 0.25) is 0 Å². The summed E-state index contributed by atoms with van der Waals surface area (Å²) >= 11 is 0. The first kappa shape index (κ1) is 11.3. The van der Waals surface area contributed by atoms with E-state index in [0.717, 1.165) is 5.69 Å². The Labute approximate surface area is 109 Å². The minimum Gasteiger partial charge on any atom is -0.545 e. The van der Waals surface area contributed by atoms with Gasteiger partial charge < -0.3 is 14.5 Å². The average molecular weight is 252 g/mol. The highest BCUT2D eigenvalue weighted by Crippen LogP contribution is 2.18. The molecule has 0 saturated heterocycles. The van der Waals surface area contributed by atoms with E-state index in [1.165, 1.54) is 6.20 Å². The van der Waals surface area contributed by atoms with E-state index in [0.29, 0.717) is 5.82 Å². The SMILES string of the molecule is O=C([O-])c1cnn(-c2ccccc2)c1-n1cccc1. The van der Waals surface area contributed by atoms with Gasteiger partial charge in [0.25, 0.3) is 0 Å². The van der Waals surface area contributed by atoms with E-state index >= 15 is 0 Å². The molecule has 0 radical (unpaired) electrons. The van der Waals surface area contributed by atoms with Crippen molar-refractivity contribution in [3.05, 3.63) is 66.6 Å². The van der Waals surface area contributed by atoms with E-state index in [1.807, 2.05) is 42.5 Å². The Morgan fingerprint density at radius 2 is 1.74 bits per heavy atom. The fourth-order valence-corrected chi connectivity index (χ4v) is 1.97. The normalized spacial score (nSPS) is 10.5. The van der Waals surface area contributed by atoms with Crippen LogP contribution in [0.1, 0.15) is 10.4 Å². The Morgan fingerprint density at radius 1 is 1.05 bits per heavy atom. The van der Waals surface area contributed by atoms with Crippen LogP contribution >= 0.6 is 0 Å². The van der Waals surface area contributed by atoms with E-state index in [-0.39, 0.29) is 5.56 Å². The average Bonchev–Trinajstić information content (AvgIpc) is 3.08. The lowest BCUT2D eigenvalue weighted by molar-refractivity contribution is -0.255. The Morgan fingerprint density at radius 3 is 2.37 bits per heavy atom. The van der Waals surface area contributed by atoms with Gasteiger partial charge in [-0.3, -0.25) is 0 Å². The zero-order valence-electron chi connectivity index (χ0n) is 9.93. The van der Waals surface area contributed by atoms with Gasteiger partial charge in [0.2, 0.25) is 0 Å². The van der Waals surface area contributed by atoms with Crippen LogP contribution < -0.4 is 5.11 Å². The van der Waals surface area contributed by atoms with Crippen molar-refractivity contribution in [2.24, 2.45) is 0 Å². The Hall–Kier alpha value is -2.82. The maximum absolute atomic E-state index is 11.2. The lowest BCUT2D eigenvalue weighted by Gasteiger charge is -2.11. The molecule has 3 aromatic rings. The molecule has 94 valence electrons. The standard InChI is InChI=1S/C14H11N3O2/c18-14(19)12-10-15-17(11-6-2-1-3-7-11)13(12)16-8-4-5-9-16/h1-10H,(H,18,19)/p-1. The molecule has 0 aliphatic carbocycles. The van der Waals surface area contributed by atoms with Crippen LogP contribution in [-0.4, -0.2) is 20.3 Å². The molecule has 0 aliphatic heterocycles. The van der Waals surface area contributed by atoms with Crippen molar-refractivity contribution >= 4 is 5.97 Å². The van der Waals surface area contributed by atoms with Crippen LogP contribution in [0.4, 0.5) is 0 Å². The van der Waals surface area contributed by atoms with Crippen LogP contribution in [0.3, 0.4) is 0 Å². The predicted molar refractivity (Wildman–Crippen MR) is 67.2 cm³/mol. The number of aromatic carboxylic acids is 1. The van der Waals surface area contributed by atoms with E-state index in [2.05, 4.69) is 5.10 Å². The second-order valence-corrected chi connectivity index (χ2v) is 4.01. The minimum atomic E-state index is -1.24. The van der Waals surface area contributed by atoms with Gasteiger partial charge in [-0.05, 0) is 24.3 Å². The number of benzene rings is 1. The van der Waals surface area contributed by atoms with Gasteiger partial charge in [-0.1, -0.05) is 18.2 Å². The quantitative estimate of drug-likeness (QED) is 0.699. The van der Waals surface area contributed by atoms with Gasteiger partial charge in [0.1, 0.15) is 5.82 Å². The number of carboxylic acids is 1. The van der Waals surface area contributed by atoms with Gasteiger partial charge in [0, 0.05) is 12.4 Å². The number of carbonyl (C=O) groups excluding carboxylic acids is 1. The molecule has 0 N–H and O–H groups in total. The summed E-state index contributed by atoms with van der Waals surface area (Å²) in [5.74, 6) is -0.790.